The minimum Gasteiger partial charge on any atom is -0.484 e. The average Bonchev–Trinajstić information content (AvgIpc) is 2.81. The number of hydrogen-bond donors (Lipinski definition) is 1. The van der Waals surface area contributed by atoms with Crippen LogP contribution in [0.5, 0.6) is 5.75 Å². The Bertz CT molecular complexity index is 709. The first kappa shape index (κ1) is 12.0. The normalized spacial score (nSPS) is 42.7. The summed E-state index contributed by atoms with van der Waals surface area (Å²) in [5.74, 6) is 0.948. The number of aliphatic hydroxyl groups is 1. The van der Waals surface area contributed by atoms with E-state index in [0.717, 1.165) is 30.7 Å². The van der Waals surface area contributed by atoms with E-state index in [4.69, 9.17) is 4.74 Å². The molecule has 0 saturated carbocycles. The molecule has 1 fully saturated rings. The monoisotopic (exact) mass is 281 g/mol. The number of benzene rings is 1. The SMILES string of the molecule is C=C1C=CC2(O)C3Cc4cccc5c4C2(CCN3C)[C@H]1O5. The molecule has 4 aliphatic rings. The van der Waals surface area contributed by atoms with Crippen LogP contribution in [0.2, 0.25) is 0 Å². The fourth-order valence-electron chi connectivity index (χ4n) is 5.21. The highest BCUT2D eigenvalue weighted by Gasteiger charge is 2.69. The number of likely N-dealkylation sites (N-methyl/N-ethyl adjacent to an activating group) is 1. The number of piperidine rings is 1. The summed E-state index contributed by atoms with van der Waals surface area (Å²) in [6.45, 7) is 5.17. The first-order valence-corrected chi connectivity index (χ1v) is 7.67. The van der Waals surface area contributed by atoms with Crippen LogP contribution in [0.4, 0.5) is 0 Å². The predicted octanol–water partition coefficient (Wildman–Crippen LogP) is 1.80. The van der Waals surface area contributed by atoms with Gasteiger partial charge in [-0.3, -0.25) is 4.90 Å². The summed E-state index contributed by atoms with van der Waals surface area (Å²) in [6.07, 6.45) is 5.62. The Kier molecular flexibility index (Phi) is 1.96. The molecule has 4 atom stereocenters. The van der Waals surface area contributed by atoms with Gasteiger partial charge in [-0.1, -0.05) is 30.9 Å². The average molecular weight is 281 g/mol. The van der Waals surface area contributed by atoms with Gasteiger partial charge in [0.25, 0.3) is 0 Å². The summed E-state index contributed by atoms with van der Waals surface area (Å²) in [5.41, 5.74) is 2.35. The van der Waals surface area contributed by atoms with E-state index in [9.17, 15) is 5.11 Å². The Morgan fingerprint density at radius 3 is 3.14 bits per heavy atom. The Labute approximate surface area is 124 Å². The number of hydrogen-bond acceptors (Lipinski definition) is 3. The highest BCUT2D eigenvalue weighted by molar-refractivity contribution is 5.62. The summed E-state index contributed by atoms with van der Waals surface area (Å²) in [4.78, 5) is 2.30. The lowest BCUT2D eigenvalue weighted by molar-refractivity contribution is -0.126. The fraction of sp³-hybridized carbons (Fsp3) is 0.444. The summed E-state index contributed by atoms with van der Waals surface area (Å²) >= 11 is 0. The topological polar surface area (TPSA) is 32.7 Å². The molecule has 0 aromatic heterocycles. The van der Waals surface area contributed by atoms with Gasteiger partial charge in [-0.05, 0) is 43.6 Å². The molecule has 1 aromatic rings. The molecule has 2 aliphatic heterocycles. The molecule has 1 spiro atoms. The van der Waals surface area contributed by atoms with E-state index >= 15 is 0 Å². The molecule has 1 saturated heterocycles. The molecule has 1 aromatic carbocycles. The Balaban J connectivity index is 1.90. The minimum atomic E-state index is -0.856. The third-order valence-corrected chi connectivity index (χ3v) is 6.17. The second kappa shape index (κ2) is 3.42. The molecular weight excluding hydrogens is 262 g/mol. The number of likely N-dealkylation sites (tertiary alicyclic amines) is 1. The van der Waals surface area contributed by atoms with E-state index in [0.29, 0.717) is 0 Å². The van der Waals surface area contributed by atoms with Crippen LogP contribution in [-0.2, 0) is 11.8 Å². The van der Waals surface area contributed by atoms with Crippen molar-refractivity contribution in [3.63, 3.8) is 0 Å². The van der Waals surface area contributed by atoms with E-state index in [1.807, 2.05) is 18.2 Å². The second-order valence-corrected chi connectivity index (χ2v) is 6.94. The van der Waals surface area contributed by atoms with Crippen molar-refractivity contribution >= 4 is 0 Å². The van der Waals surface area contributed by atoms with Gasteiger partial charge in [-0.2, -0.15) is 0 Å². The maximum Gasteiger partial charge on any atom is 0.136 e. The maximum absolute atomic E-state index is 11.7. The zero-order valence-electron chi connectivity index (χ0n) is 12.2. The molecule has 0 radical (unpaired) electrons. The third kappa shape index (κ3) is 1.09. The number of nitrogens with zero attached hydrogens (tertiary/aromatic N) is 1. The largest absolute Gasteiger partial charge is 0.484 e. The number of ether oxygens (including phenoxy) is 1. The van der Waals surface area contributed by atoms with Crippen LogP contribution in [0.3, 0.4) is 0 Å². The zero-order valence-corrected chi connectivity index (χ0v) is 12.2. The first-order chi connectivity index (χ1) is 10.1. The fourth-order valence-corrected chi connectivity index (χ4v) is 5.21. The van der Waals surface area contributed by atoms with Crippen molar-refractivity contribution in [3.05, 3.63) is 53.6 Å². The molecule has 21 heavy (non-hydrogen) atoms. The molecular formula is C18H19NO2. The van der Waals surface area contributed by atoms with Gasteiger partial charge in [0.05, 0.1) is 5.41 Å². The van der Waals surface area contributed by atoms with Crippen molar-refractivity contribution in [2.24, 2.45) is 0 Å². The lowest BCUT2D eigenvalue weighted by Crippen LogP contribution is -2.73. The van der Waals surface area contributed by atoms with Crippen LogP contribution in [0.25, 0.3) is 0 Å². The lowest BCUT2D eigenvalue weighted by atomic mass is 9.50. The zero-order chi connectivity index (χ0) is 14.4. The molecule has 1 N–H and O–H groups in total. The van der Waals surface area contributed by atoms with Gasteiger partial charge >= 0.3 is 0 Å². The predicted molar refractivity (Wildman–Crippen MR) is 80.5 cm³/mol. The van der Waals surface area contributed by atoms with Crippen LogP contribution in [-0.4, -0.2) is 41.3 Å². The molecule has 2 bridgehead atoms. The van der Waals surface area contributed by atoms with Crippen LogP contribution in [0, 0.1) is 0 Å². The minimum absolute atomic E-state index is 0.113. The maximum atomic E-state index is 11.7. The van der Waals surface area contributed by atoms with E-state index in [1.54, 1.807) is 0 Å². The molecule has 3 nitrogen and oxygen atoms in total. The molecule has 2 aliphatic carbocycles. The van der Waals surface area contributed by atoms with Gasteiger partial charge in [0.15, 0.2) is 0 Å². The Morgan fingerprint density at radius 1 is 1.43 bits per heavy atom. The summed E-state index contributed by atoms with van der Waals surface area (Å²) in [6, 6.07) is 6.41. The first-order valence-electron chi connectivity index (χ1n) is 7.67. The van der Waals surface area contributed by atoms with Gasteiger partial charge in [0.1, 0.15) is 17.5 Å². The van der Waals surface area contributed by atoms with E-state index in [1.165, 1.54) is 11.1 Å². The smallest absolute Gasteiger partial charge is 0.136 e. The summed E-state index contributed by atoms with van der Waals surface area (Å²) < 4.78 is 6.26. The molecule has 5 rings (SSSR count). The van der Waals surface area contributed by atoms with Crippen LogP contribution in [0.1, 0.15) is 17.5 Å². The Morgan fingerprint density at radius 2 is 2.29 bits per heavy atom. The standard InChI is InChI=1S/C18H19NO2/c1-11-6-7-18(20)14-10-12-4-3-5-13-15(12)17(18,16(11)21-13)8-9-19(14)2/h3-7,14,16,20H,1,8-10H2,2H3/t14?,16-,17?,18?/m0/s1. The summed E-state index contributed by atoms with van der Waals surface area (Å²) in [5, 5.41) is 11.7. The van der Waals surface area contributed by atoms with Crippen molar-refractivity contribution in [1.29, 1.82) is 0 Å². The van der Waals surface area contributed by atoms with Crippen LogP contribution < -0.4 is 4.74 Å². The van der Waals surface area contributed by atoms with Gasteiger partial charge in [-0.15, -0.1) is 0 Å². The van der Waals surface area contributed by atoms with E-state index in [-0.39, 0.29) is 17.6 Å². The quantitative estimate of drug-likeness (QED) is 0.787. The molecule has 0 amide bonds. The highest BCUT2D eigenvalue weighted by atomic mass is 16.5. The van der Waals surface area contributed by atoms with E-state index in [2.05, 4.69) is 30.7 Å². The van der Waals surface area contributed by atoms with Crippen molar-refractivity contribution in [2.45, 2.75) is 36.0 Å². The second-order valence-electron chi connectivity index (χ2n) is 6.94. The van der Waals surface area contributed by atoms with Crippen molar-refractivity contribution in [2.75, 3.05) is 13.6 Å². The van der Waals surface area contributed by atoms with Crippen molar-refractivity contribution < 1.29 is 9.84 Å². The summed E-state index contributed by atoms with van der Waals surface area (Å²) in [7, 11) is 2.12. The van der Waals surface area contributed by atoms with Gasteiger partial charge in [0, 0.05) is 11.6 Å². The Hall–Kier alpha value is -1.58. The van der Waals surface area contributed by atoms with Crippen LogP contribution >= 0.6 is 0 Å². The highest BCUT2D eigenvalue weighted by Crippen LogP contribution is 2.62. The molecule has 2 heterocycles. The van der Waals surface area contributed by atoms with Crippen LogP contribution in [0.15, 0.2) is 42.5 Å². The van der Waals surface area contributed by atoms with Gasteiger partial charge < -0.3 is 9.84 Å². The number of rotatable bonds is 0. The van der Waals surface area contributed by atoms with Gasteiger partial charge in [-0.25, -0.2) is 0 Å². The molecule has 3 unspecified atom stereocenters. The molecule has 3 heteroatoms. The van der Waals surface area contributed by atoms with Crippen molar-refractivity contribution in [3.8, 4) is 5.75 Å². The van der Waals surface area contributed by atoms with E-state index < -0.39 is 5.60 Å². The van der Waals surface area contributed by atoms with Crippen molar-refractivity contribution in [1.82, 2.24) is 4.90 Å². The lowest BCUT2D eigenvalue weighted by Gasteiger charge is -2.60. The third-order valence-electron chi connectivity index (χ3n) is 6.17. The molecule has 108 valence electrons. The van der Waals surface area contributed by atoms with Gasteiger partial charge in [0.2, 0.25) is 0 Å².